The average molecular weight is 604 g/mol. The molecule has 1 N–H and O–H groups in total. The summed E-state index contributed by atoms with van der Waals surface area (Å²) < 4.78 is 0. The zero-order valence-corrected chi connectivity index (χ0v) is 24.9. The molecule has 1 aliphatic heterocycles. The SMILES string of the molecule is Cc1ccccc1CCc1nc(N2CCC[C@@H]2c2ccc(Cl)cc2)ncc1C(=O)N(CC(=O)O)Cc1ccccc1Cl. The van der Waals surface area contributed by atoms with Crippen LogP contribution in [-0.2, 0) is 24.2 Å². The molecule has 216 valence electrons. The Morgan fingerprint density at radius 3 is 2.40 bits per heavy atom. The summed E-state index contributed by atoms with van der Waals surface area (Å²) in [5, 5.41) is 10.8. The van der Waals surface area contributed by atoms with Crippen LogP contribution in [0.25, 0.3) is 0 Å². The van der Waals surface area contributed by atoms with Crippen molar-refractivity contribution in [1.29, 1.82) is 0 Å². The summed E-state index contributed by atoms with van der Waals surface area (Å²) in [6, 6.07) is 23.2. The molecule has 1 aromatic heterocycles. The number of hydrogen-bond acceptors (Lipinski definition) is 5. The highest BCUT2D eigenvalue weighted by Crippen LogP contribution is 2.35. The van der Waals surface area contributed by atoms with Gasteiger partial charge in [0.05, 0.1) is 17.3 Å². The zero-order chi connectivity index (χ0) is 29.6. The normalized spacial score (nSPS) is 14.6. The maximum absolute atomic E-state index is 14.0. The molecule has 2 heterocycles. The first-order valence-electron chi connectivity index (χ1n) is 14.0. The number of anilines is 1. The third-order valence-electron chi connectivity index (χ3n) is 7.67. The number of carboxylic acid groups (broad SMARTS) is 1. The average Bonchev–Trinajstić information content (AvgIpc) is 3.47. The van der Waals surface area contributed by atoms with Gasteiger partial charge < -0.3 is 14.9 Å². The van der Waals surface area contributed by atoms with Crippen LogP contribution in [0.5, 0.6) is 0 Å². The fourth-order valence-corrected chi connectivity index (χ4v) is 5.78. The van der Waals surface area contributed by atoms with E-state index in [1.54, 1.807) is 24.4 Å². The standard InChI is InChI=1S/C33H32Cl2N4O3/c1-22-7-2-3-8-23(22)14-17-29-27(32(42)38(21-31(40)41)20-25-9-4-5-10-28(25)35)19-36-33(37-29)39-18-6-11-30(39)24-12-15-26(34)16-13-24/h2-5,7-10,12-13,15-16,19,30H,6,11,14,17-18,20-21H2,1H3,(H,40,41)/t30-/m1/s1. The predicted molar refractivity (Wildman–Crippen MR) is 165 cm³/mol. The number of aromatic nitrogens is 2. The Labute approximate surface area is 255 Å². The molecule has 0 radical (unpaired) electrons. The molecule has 1 atom stereocenters. The van der Waals surface area contributed by atoms with Crippen molar-refractivity contribution in [1.82, 2.24) is 14.9 Å². The van der Waals surface area contributed by atoms with E-state index in [2.05, 4.69) is 28.9 Å². The van der Waals surface area contributed by atoms with Crippen molar-refractivity contribution < 1.29 is 14.7 Å². The van der Waals surface area contributed by atoms with Gasteiger partial charge in [0, 0.05) is 29.3 Å². The van der Waals surface area contributed by atoms with Gasteiger partial charge in [0.1, 0.15) is 6.54 Å². The molecule has 5 rings (SSSR count). The summed E-state index contributed by atoms with van der Waals surface area (Å²) in [5.74, 6) is -1.00. The highest BCUT2D eigenvalue weighted by Gasteiger charge is 2.30. The first-order chi connectivity index (χ1) is 20.3. The van der Waals surface area contributed by atoms with E-state index in [9.17, 15) is 14.7 Å². The second-order valence-electron chi connectivity index (χ2n) is 10.5. The van der Waals surface area contributed by atoms with Crippen molar-refractivity contribution in [3.8, 4) is 0 Å². The minimum absolute atomic E-state index is 0.0502. The highest BCUT2D eigenvalue weighted by molar-refractivity contribution is 6.31. The van der Waals surface area contributed by atoms with Crippen LogP contribution < -0.4 is 4.90 Å². The van der Waals surface area contributed by atoms with Gasteiger partial charge in [0.15, 0.2) is 0 Å². The van der Waals surface area contributed by atoms with E-state index < -0.39 is 18.4 Å². The number of carbonyl (C=O) groups is 2. The number of benzene rings is 3. The maximum atomic E-state index is 14.0. The van der Waals surface area contributed by atoms with Crippen molar-refractivity contribution >= 4 is 41.0 Å². The lowest BCUT2D eigenvalue weighted by atomic mass is 10.0. The molecule has 0 bridgehead atoms. The lowest BCUT2D eigenvalue weighted by Gasteiger charge is -2.27. The summed E-state index contributed by atoms with van der Waals surface area (Å²) in [7, 11) is 0. The van der Waals surface area contributed by atoms with E-state index in [-0.39, 0.29) is 12.6 Å². The van der Waals surface area contributed by atoms with Gasteiger partial charge in [-0.25, -0.2) is 9.97 Å². The van der Waals surface area contributed by atoms with Crippen LogP contribution in [-0.4, -0.2) is 44.9 Å². The number of carboxylic acids is 1. The lowest BCUT2D eigenvalue weighted by Crippen LogP contribution is -2.36. The third-order valence-corrected chi connectivity index (χ3v) is 8.30. The molecule has 7 nitrogen and oxygen atoms in total. The van der Waals surface area contributed by atoms with Crippen LogP contribution in [0.3, 0.4) is 0 Å². The molecule has 42 heavy (non-hydrogen) atoms. The van der Waals surface area contributed by atoms with Crippen LogP contribution in [0.1, 0.15) is 57.2 Å². The molecule has 4 aromatic rings. The maximum Gasteiger partial charge on any atom is 0.323 e. The van der Waals surface area contributed by atoms with Gasteiger partial charge in [0.25, 0.3) is 5.91 Å². The van der Waals surface area contributed by atoms with E-state index in [4.69, 9.17) is 28.2 Å². The molecular weight excluding hydrogens is 571 g/mol. The van der Waals surface area contributed by atoms with Gasteiger partial charge >= 0.3 is 5.97 Å². The lowest BCUT2D eigenvalue weighted by molar-refractivity contribution is -0.137. The third kappa shape index (κ3) is 6.92. The molecule has 1 fully saturated rings. The number of aryl methyl sites for hydroxylation is 3. The molecule has 1 saturated heterocycles. The Morgan fingerprint density at radius 1 is 0.976 bits per heavy atom. The first-order valence-corrected chi connectivity index (χ1v) is 14.7. The number of rotatable bonds is 10. The smallest absolute Gasteiger partial charge is 0.323 e. The van der Waals surface area contributed by atoms with E-state index in [0.29, 0.717) is 45.7 Å². The summed E-state index contributed by atoms with van der Waals surface area (Å²) in [5.41, 5.74) is 5.00. The van der Waals surface area contributed by atoms with Gasteiger partial charge in [-0.15, -0.1) is 0 Å². The summed E-state index contributed by atoms with van der Waals surface area (Å²) in [6.45, 7) is 2.42. The fourth-order valence-electron chi connectivity index (χ4n) is 5.46. The predicted octanol–water partition coefficient (Wildman–Crippen LogP) is 6.95. The van der Waals surface area contributed by atoms with Crippen LogP contribution >= 0.6 is 23.2 Å². The van der Waals surface area contributed by atoms with Crippen LogP contribution in [0.2, 0.25) is 10.0 Å². The van der Waals surface area contributed by atoms with E-state index in [1.807, 2.05) is 42.5 Å². The van der Waals surface area contributed by atoms with Crippen molar-refractivity contribution in [3.63, 3.8) is 0 Å². The quantitative estimate of drug-likeness (QED) is 0.211. The topological polar surface area (TPSA) is 86.6 Å². The largest absolute Gasteiger partial charge is 0.480 e. The van der Waals surface area contributed by atoms with Gasteiger partial charge in [-0.05, 0) is 73.1 Å². The van der Waals surface area contributed by atoms with E-state index in [1.165, 1.54) is 4.90 Å². The minimum Gasteiger partial charge on any atom is -0.480 e. The van der Waals surface area contributed by atoms with Gasteiger partial charge in [-0.1, -0.05) is 77.8 Å². The minimum atomic E-state index is -1.11. The number of hydrogen-bond donors (Lipinski definition) is 1. The Balaban J connectivity index is 1.50. The van der Waals surface area contributed by atoms with Gasteiger partial charge in [0.2, 0.25) is 5.95 Å². The Bertz CT molecular complexity index is 1580. The van der Waals surface area contributed by atoms with Gasteiger partial charge in [-0.3, -0.25) is 9.59 Å². The zero-order valence-electron chi connectivity index (χ0n) is 23.3. The summed E-state index contributed by atoms with van der Waals surface area (Å²) >= 11 is 12.5. The van der Waals surface area contributed by atoms with Crippen molar-refractivity contribution in [2.24, 2.45) is 0 Å². The molecule has 1 aliphatic rings. The molecule has 0 unspecified atom stereocenters. The fraction of sp³-hybridized carbons (Fsp3) is 0.273. The summed E-state index contributed by atoms with van der Waals surface area (Å²) in [6.07, 6.45) is 4.66. The second-order valence-corrected chi connectivity index (χ2v) is 11.3. The van der Waals surface area contributed by atoms with Crippen molar-refractivity contribution in [2.45, 2.75) is 45.2 Å². The first kappa shape index (κ1) is 29.5. The van der Waals surface area contributed by atoms with E-state index >= 15 is 0 Å². The molecule has 9 heteroatoms. The van der Waals surface area contributed by atoms with Gasteiger partial charge in [-0.2, -0.15) is 0 Å². The second kappa shape index (κ2) is 13.4. The van der Waals surface area contributed by atoms with Crippen LogP contribution in [0, 0.1) is 6.92 Å². The van der Waals surface area contributed by atoms with Crippen LogP contribution in [0.15, 0.2) is 79.0 Å². The van der Waals surface area contributed by atoms with Crippen molar-refractivity contribution in [2.75, 3.05) is 18.0 Å². The van der Waals surface area contributed by atoms with Crippen molar-refractivity contribution in [3.05, 3.63) is 123 Å². The van der Waals surface area contributed by atoms with Crippen LogP contribution in [0.4, 0.5) is 5.95 Å². The molecule has 3 aromatic carbocycles. The number of nitrogens with zero attached hydrogens (tertiary/aromatic N) is 4. The van der Waals surface area contributed by atoms with E-state index in [0.717, 1.165) is 36.1 Å². The number of halogens is 2. The monoisotopic (exact) mass is 602 g/mol. The molecule has 1 amide bonds. The Morgan fingerprint density at radius 2 is 1.69 bits per heavy atom. The molecule has 0 saturated carbocycles. The number of carbonyl (C=O) groups excluding carboxylic acids is 1. The highest BCUT2D eigenvalue weighted by atomic mass is 35.5. The number of aliphatic carboxylic acids is 1. The molecular formula is C33H32Cl2N4O3. The molecule has 0 aliphatic carbocycles. The Kier molecular flexibility index (Phi) is 9.40. The molecule has 0 spiro atoms. The summed E-state index contributed by atoms with van der Waals surface area (Å²) in [4.78, 5) is 38.8. The number of amides is 1. The Hall–Kier alpha value is -3.94.